The molecule has 0 aliphatic carbocycles. The van der Waals surface area contributed by atoms with Crippen LogP contribution in [0.25, 0.3) is 0 Å². The SMILES string of the molecule is COc1ccc(OC)c([C@@H]2CCN(C(=O)OC(C)(C)C)C[C@@H]2N)c1. The van der Waals surface area contributed by atoms with Crippen molar-refractivity contribution in [1.29, 1.82) is 0 Å². The minimum atomic E-state index is -0.506. The number of piperidine rings is 1. The number of rotatable bonds is 3. The number of likely N-dealkylation sites (tertiary alicyclic amines) is 1. The number of ether oxygens (including phenoxy) is 3. The number of nitrogens with two attached hydrogens (primary N) is 1. The molecule has 1 aliphatic heterocycles. The Bertz CT molecular complexity index is 583. The van der Waals surface area contributed by atoms with Crippen LogP contribution in [0.1, 0.15) is 38.7 Å². The van der Waals surface area contributed by atoms with E-state index in [2.05, 4.69) is 0 Å². The van der Waals surface area contributed by atoms with Gasteiger partial charge in [0.25, 0.3) is 0 Å². The van der Waals surface area contributed by atoms with E-state index in [1.807, 2.05) is 39.0 Å². The summed E-state index contributed by atoms with van der Waals surface area (Å²) >= 11 is 0. The van der Waals surface area contributed by atoms with Crippen molar-refractivity contribution < 1.29 is 19.0 Å². The van der Waals surface area contributed by atoms with Gasteiger partial charge in [0, 0.05) is 30.6 Å². The molecule has 2 rings (SSSR count). The summed E-state index contributed by atoms with van der Waals surface area (Å²) in [6.07, 6.45) is 0.443. The zero-order valence-electron chi connectivity index (χ0n) is 15.2. The first kappa shape index (κ1) is 18.4. The van der Waals surface area contributed by atoms with Gasteiger partial charge < -0.3 is 24.8 Å². The van der Waals surface area contributed by atoms with E-state index in [0.717, 1.165) is 23.5 Å². The van der Waals surface area contributed by atoms with E-state index in [1.165, 1.54) is 0 Å². The fourth-order valence-electron chi connectivity index (χ4n) is 2.99. The molecule has 1 aliphatic rings. The molecule has 6 nitrogen and oxygen atoms in total. The van der Waals surface area contributed by atoms with Crippen molar-refractivity contribution in [3.05, 3.63) is 23.8 Å². The summed E-state index contributed by atoms with van der Waals surface area (Å²) in [4.78, 5) is 13.9. The molecule has 6 heteroatoms. The number of nitrogens with zero attached hydrogens (tertiary/aromatic N) is 1. The van der Waals surface area contributed by atoms with E-state index in [0.29, 0.717) is 13.1 Å². The molecule has 0 bridgehead atoms. The maximum absolute atomic E-state index is 12.2. The van der Waals surface area contributed by atoms with Crippen LogP contribution in [0.2, 0.25) is 0 Å². The van der Waals surface area contributed by atoms with Crippen LogP contribution < -0.4 is 15.2 Å². The molecule has 2 atom stereocenters. The zero-order valence-corrected chi connectivity index (χ0v) is 15.2. The highest BCUT2D eigenvalue weighted by Crippen LogP contribution is 2.36. The molecule has 0 radical (unpaired) electrons. The highest BCUT2D eigenvalue weighted by atomic mass is 16.6. The molecule has 0 saturated carbocycles. The Morgan fingerprint density at radius 2 is 1.96 bits per heavy atom. The zero-order chi connectivity index (χ0) is 17.9. The van der Waals surface area contributed by atoms with Crippen molar-refractivity contribution in [2.75, 3.05) is 27.3 Å². The predicted molar refractivity (Wildman–Crippen MR) is 92.7 cm³/mol. The number of amides is 1. The van der Waals surface area contributed by atoms with Crippen molar-refractivity contribution >= 4 is 6.09 Å². The minimum absolute atomic E-state index is 0.105. The molecule has 1 fully saturated rings. The number of carbonyl (C=O) groups is 1. The standard InChI is InChI=1S/C18H28N2O4/c1-18(2,3)24-17(21)20-9-8-13(15(19)11-20)14-10-12(22-4)6-7-16(14)23-5/h6-7,10,13,15H,8-9,11,19H2,1-5H3/t13-,15-/m0/s1. The summed E-state index contributed by atoms with van der Waals surface area (Å²) < 4.78 is 16.2. The second kappa shape index (κ2) is 7.30. The molecule has 1 amide bonds. The van der Waals surface area contributed by atoms with Gasteiger partial charge in [-0.05, 0) is 45.4 Å². The van der Waals surface area contributed by atoms with Crippen LogP contribution in [-0.2, 0) is 4.74 Å². The normalized spacial score (nSPS) is 21.3. The lowest BCUT2D eigenvalue weighted by atomic mass is 9.85. The third-order valence-corrected chi connectivity index (χ3v) is 4.15. The van der Waals surface area contributed by atoms with Crippen molar-refractivity contribution in [3.63, 3.8) is 0 Å². The van der Waals surface area contributed by atoms with Gasteiger partial charge in [-0.2, -0.15) is 0 Å². The number of carbonyl (C=O) groups excluding carboxylic acids is 1. The lowest BCUT2D eigenvalue weighted by Crippen LogP contribution is -2.50. The molecule has 134 valence electrons. The van der Waals surface area contributed by atoms with Gasteiger partial charge in [0.05, 0.1) is 14.2 Å². The van der Waals surface area contributed by atoms with Crippen LogP contribution in [0.4, 0.5) is 4.79 Å². The largest absolute Gasteiger partial charge is 0.497 e. The molecule has 1 aromatic rings. The van der Waals surface area contributed by atoms with Gasteiger partial charge in [-0.1, -0.05) is 0 Å². The van der Waals surface area contributed by atoms with Crippen LogP contribution in [0, 0.1) is 0 Å². The van der Waals surface area contributed by atoms with Gasteiger partial charge in [0.2, 0.25) is 0 Å². The van der Waals surface area contributed by atoms with Gasteiger partial charge in [-0.25, -0.2) is 4.79 Å². The predicted octanol–water partition coefficient (Wildman–Crippen LogP) is 2.76. The van der Waals surface area contributed by atoms with E-state index < -0.39 is 5.60 Å². The Balaban J connectivity index is 2.13. The third kappa shape index (κ3) is 4.32. The van der Waals surface area contributed by atoms with Gasteiger partial charge in [0.1, 0.15) is 17.1 Å². The van der Waals surface area contributed by atoms with Crippen molar-refractivity contribution in [3.8, 4) is 11.5 Å². The first-order valence-electron chi connectivity index (χ1n) is 8.20. The van der Waals surface area contributed by atoms with Crippen molar-refractivity contribution in [1.82, 2.24) is 4.90 Å². The monoisotopic (exact) mass is 336 g/mol. The Labute approximate surface area is 143 Å². The summed E-state index contributed by atoms with van der Waals surface area (Å²) in [5.41, 5.74) is 6.89. The van der Waals surface area contributed by atoms with E-state index in [4.69, 9.17) is 19.9 Å². The van der Waals surface area contributed by atoms with Crippen LogP contribution in [0.15, 0.2) is 18.2 Å². The molecule has 0 unspecified atom stereocenters. The molecule has 1 aromatic carbocycles. The number of benzene rings is 1. The van der Waals surface area contributed by atoms with E-state index in [1.54, 1.807) is 19.1 Å². The highest BCUT2D eigenvalue weighted by Gasteiger charge is 2.33. The Morgan fingerprint density at radius 3 is 2.50 bits per heavy atom. The van der Waals surface area contributed by atoms with Gasteiger partial charge in [0.15, 0.2) is 0 Å². The number of hydrogen-bond donors (Lipinski definition) is 1. The lowest BCUT2D eigenvalue weighted by molar-refractivity contribution is 0.0186. The molecular weight excluding hydrogens is 308 g/mol. The number of methoxy groups -OCH3 is 2. The van der Waals surface area contributed by atoms with Crippen molar-refractivity contribution in [2.24, 2.45) is 5.73 Å². The van der Waals surface area contributed by atoms with Crippen LogP contribution in [0.5, 0.6) is 11.5 Å². The quantitative estimate of drug-likeness (QED) is 0.919. The van der Waals surface area contributed by atoms with Crippen LogP contribution in [0.3, 0.4) is 0 Å². The fraction of sp³-hybridized carbons (Fsp3) is 0.611. The summed E-state index contributed by atoms with van der Waals surface area (Å²) in [5.74, 6) is 1.67. The van der Waals surface area contributed by atoms with Gasteiger partial charge in [-0.3, -0.25) is 0 Å². The molecule has 24 heavy (non-hydrogen) atoms. The molecule has 1 heterocycles. The summed E-state index contributed by atoms with van der Waals surface area (Å²) in [6.45, 7) is 6.64. The van der Waals surface area contributed by atoms with E-state index in [-0.39, 0.29) is 18.1 Å². The average molecular weight is 336 g/mol. The second-order valence-electron chi connectivity index (χ2n) is 7.09. The lowest BCUT2D eigenvalue weighted by Gasteiger charge is -2.38. The van der Waals surface area contributed by atoms with Crippen LogP contribution >= 0.6 is 0 Å². The van der Waals surface area contributed by atoms with E-state index in [9.17, 15) is 4.79 Å². The van der Waals surface area contributed by atoms with E-state index >= 15 is 0 Å². The third-order valence-electron chi connectivity index (χ3n) is 4.15. The maximum Gasteiger partial charge on any atom is 0.410 e. The number of hydrogen-bond acceptors (Lipinski definition) is 5. The molecule has 1 saturated heterocycles. The Hall–Kier alpha value is -1.95. The van der Waals surface area contributed by atoms with Gasteiger partial charge >= 0.3 is 6.09 Å². The Morgan fingerprint density at radius 1 is 1.25 bits per heavy atom. The summed E-state index contributed by atoms with van der Waals surface area (Å²) in [6, 6.07) is 5.53. The Kier molecular flexibility index (Phi) is 5.59. The summed E-state index contributed by atoms with van der Waals surface area (Å²) in [5, 5.41) is 0. The highest BCUT2D eigenvalue weighted by molar-refractivity contribution is 5.68. The molecule has 0 spiro atoms. The maximum atomic E-state index is 12.2. The topological polar surface area (TPSA) is 74.0 Å². The van der Waals surface area contributed by atoms with Crippen LogP contribution in [-0.4, -0.2) is 49.9 Å². The van der Waals surface area contributed by atoms with Crippen molar-refractivity contribution in [2.45, 2.75) is 44.8 Å². The fourth-order valence-corrected chi connectivity index (χ4v) is 2.99. The summed E-state index contributed by atoms with van der Waals surface area (Å²) in [7, 11) is 3.28. The smallest absolute Gasteiger partial charge is 0.410 e. The molecular formula is C18H28N2O4. The minimum Gasteiger partial charge on any atom is -0.497 e. The molecule has 0 aromatic heterocycles. The first-order valence-corrected chi connectivity index (χ1v) is 8.20. The first-order chi connectivity index (χ1) is 11.2. The second-order valence-corrected chi connectivity index (χ2v) is 7.09. The average Bonchev–Trinajstić information content (AvgIpc) is 2.52. The molecule has 2 N–H and O–H groups in total. The van der Waals surface area contributed by atoms with Gasteiger partial charge in [-0.15, -0.1) is 0 Å².